The Bertz CT molecular complexity index is 1450. The fourth-order valence-corrected chi connectivity index (χ4v) is 6.08. The van der Waals surface area contributed by atoms with E-state index in [1.54, 1.807) is 23.1 Å². The summed E-state index contributed by atoms with van der Waals surface area (Å²) in [7, 11) is 0. The van der Waals surface area contributed by atoms with Gasteiger partial charge in [-0.1, -0.05) is 55.1 Å². The number of amides is 2. The van der Waals surface area contributed by atoms with Gasteiger partial charge in [0.2, 0.25) is 5.91 Å². The number of ether oxygens (including phenoxy) is 1. The minimum atomic E-state index is -0.498. The predicted molar refractivity (Wildman–Crippen MR) is 154 cm³/mol. The molecule has 2 amide bonds. The molecular weight excluding hydrogens is 519 g/mol. The van der Waals surface area contributed by atoms with Gasteiger partial charge in [-0.15, -0.1) is 0 Å². The quantitative estimate of drug-likeness (QED) is 0.432. The number of benzene rings is 3. The van der Waals surface area contributed by atoms with Gasteiger partial charge in [0.05, 0.1) is 0 Å². The number of carbonyl (C=O) groups excluding carboxylic acids is 2. The number of halogens is 1. The van der Waals surface area contributed by atoms with Crippen molar-refractivity contribution in [2.45, 2.75) is 57.1 Å². The van der Waals surface area contributed by atoms with Crippen LogP contribution < -0.4 is 15.4 Å². The van der Waals surface area contributed by atoms with Crippen LogP contribution in [0.25, 0.3) is 0 Å². The summed E-state index contributed by atoms with van der Waals surface area (Å²) in [5.74, 6) is 0.158. The Morgan fingerprint density at radius 1 is 1.02 bits per heavy atom. The van der Waals surface area contributed by atoms with Crippen LogP contribution in [0.4, 0.5) is 4.39 Å². The second kappa shape index (κ2) is 11.8. The summed E-state index contributed by atoms with van der Waals surface area (Å²) in [4.78, 5) is 29.8. The Kier molecular flexibility index (Phi) is 7.85. The SMILES string of the molecule is C=C1CCC(N2Cc3cc(OC4CN(Cc5ccccc5)CCC4NCc4ccccc4F)ccc3C2=O)C(=O)N1. The summed E-state index contributed by atoms with van der Waals surface area (Å²) in [5.41, 5.74) is 4.04. The Hall–Kier alpha value is -4.01. The van der Waals surface area contributed by atoms with E-state index in [9.17, 15) is 14.0 Å². The summed E-state index contributed by atoms with van der Waals surface area (Å²) < 4.78 is 20.9. The van der Waals surface area contributed by atoms with Crippen LogP contribution in [-0.2, 0) is 24.4 Å². The zero-order chi connectivity index (χ0) is 28.3. The van der Waals surface area contributed by atoms with Crippen LogP contribution >= 0.6 is 0 Å². The van der Waals surface area contributed by atoms with Crippen molar-refractivity contribution in [2.24, 2.45) is 0 Å². The Morgan fingerprint density at radius 2 is 1.83 bits per heavy atom. The minimum absolute atomic E-state index is 0.0204. The van der Waals surface area contributed by atoms with Crippen molar-refractivity contribution in [2.75, 3.05) is 13.1 Å². The van der Waals surface area contributed by atoms with E-state index in [0.29, 0.717) is 55.0 Å². The second-order valence-corrected chi connectivity index (χ2v) is 11.1. The molecule has 3 atom stereocenters. The highest BCUT2D eigenvalue weighted by molar-refractivity contribution is 6.01. The highest BCUT2D eigenvalue weighted by Gasteiger charge is 2.38. The zero-order valence-corrected chi connectivity index (χ0v) is 23.0. The number of piperidine rings is 2. The molecule has 8 heteroatoms. The van der Waals surface area contributed by atoms with E-state index in [2.05, 4.69) is 46.4 Å². The standard InChI is InChI=1S/C33H35FN4O3/c1-22-11-14-30(32(39)36-22)38-20-25-17-26(12-13-27(25)33(38)40)41-31-21-37(19-23-7-3-2-4-8-23)16-15-29(31)35-18-24-9-5-6-10-28(24)34/h2-10,12-13,17,29-31,35H,1,11,14-16,18-21H2,(H,36,39). The van der Waals surface area contributed by atoms with Crippen LogP contribution in [0.2, 0.25) is 0 Å². The molecule has 2 N–H and O–H groups in total. The van der Waals surface area contributed by atoms with E-state index in [1.165, 1.54) is 11.6 Å². The summed E-state index contributed by atoms with van der Waals surface area (Å²) in [6.45, 7) is 7.05. The lowest BCUT2D eigenvalue weighted by molar-refractivity contribution is -0.126. The number of rotatable bonds is 8. The van der Waals surface area contributed by atoms with E-state index < -0.39 is 6.04 Å². The molecule has 0 aliphatic carbocycles. The molecule has 2 fully saturated rings. The molecule has 2 saturated heterocycles. The lowest BCUT2D eigenvalue weighted by Crippen LogP contribution is -2.54. The van der Waals surface area contributed by atoms with Crippen molar-refractivity contribution in [3.05, 3.63) is 113 Å². The summed E-state index contributed by atoms with van der Waals surface area (Å²) in [5, 5.41) is 6.33. The van der Waals surface area contributed by atoms with Gasteiger partial charge < -0.3 is 20.3 Å². The molecular formula is C33H35FN4O3. The van der Waals surface area contributed by atoms with Crippen molar-refractivity contribution in [1.82, 2.24) is 20.4 Å². The third-order valence-electron chi connectivity index (χ3n) is 8.30. The van der Waals surface area contributed by atoms with E-state index >= 15 is 0 Å². The fraction of sp³-hybridized carbons (Fsp3) is 0.333. The molecule has 212 valence electrons. The molecule has 3 heterocycles. The van der Waals surface area contributed by atoms with Gasteiger partial charge in [-0.2, -0.15) is 0 Å². The molecule has 0 spiro atoms. The van der Waals surface area contributed by atoms with Crippen LogP contribution in [0.3, 0.4) is 0 Å². The number of allylic oxidation sites excluding steroid dienone is 1. The monoisotopic (exact) mass is 554 g/mol. The molecule has 7 nitrogen and oxygen atoms in total. The number of hydrogen-bond acceptors (Lipinski definition) is 5. The van der Waals surface area contributed by atoms with E-state index in [0.717, 1.165) is 25.1 Å². The normalized spacial score (nSPS) is 22.9. The summed E-state index contributed by atoms with van der Waals surface area (Å²) in [6.07, 6.45) is 1.90. The van der Waals surface area contributed by atoms with Crippen LogP contribution in [-0.4, -0.2) is 52.9 Å². The summed E-state index contributed by atoms with van der Waals surface area (Å²) in [6, 6.07) is 22.3. The number of hydrogen-bond donors (Lipinski definition) is 2. The lowest BCUT2D eigenvalue weighted by Gasteiger charge is -2.39. The maximum atomic E-state index is 14.3. The Morgan fingerprint density at radius 3 is 2.63 bits per heavy atom. The highest BCUT2D eigenvalue weighted by Crippen LogP contribution is 2.32. The fourth-order valence-electron chi connectivity index (χ4n) is 6.08. The van der Waals surface area contributed by atoms with Gasteiger partial charge in [0.15, 0.2) is 0 Å². The first-order valence-corrected chi connectivity index (χ1v) is 14.3. The third-order valence-corrected chi connectivity index (χ3v) is 8.30. The minimum Gasteiger partial charge on any atom is -0.487 e. The molecule has 0 aromatic heterocycles. The third kappa shape index (κ3) is 6.04. The predicted octanol–water partition coefficient (Wildman–Crippen LogP) is 4.39. The lowest BCUT2D eigenvalue weighted by atomic mass is 10.00. The number of likely N-dealkylation sites (tertiary alicyclic amines) is 1. The van der Waals surface area contributed by atoms with Gasteiger partial charge in [-0.3, -0.25) is 14.5 Å². The van der Waals surface area contributed by atoms with Crippen LogP contribution in [0, 0.1) is 5.82 Å². The summed E-state index contributed by atoms with van der Waals surface area (Å²) >= 11 is 0. The number of fused-ring (bicyclic) bond motifs is 1. The largest absolute Gasteiger partial charge is 0.487 e. The molecule has 3 aliphatic heterocycles. The molecule has 41 heavy (non-hydrogen) atoms. The van der Waals surface area contributed by atoms with Crippen LogP contribution in [0.1, 0.15) is 46.3 Å². The molecule has 3 aromatic carbocycles. The molecule has 0 bridgehead atoms. The zero-order valence-electron chi connectivity index (χ0n) is 23.0. The molecule has 6 rings (SSSR count). The molecule has 3 aliphatic rings. The van der Waals surface area contributed by atoms with Gasteiger partial charge >= 0.3 is 0 Å². The van der Waals surface area contributed by atoms with E-state index in [-0.39, 0.29) is 29.8 Å². The first-order valence-electron chi connectivity index (χ1n) is 14.3. The molecule has 0 saturated carbocycles. The number of nitrogens with one attached hydrogen (secondary N) is 2. The number of nitrogens with zero attached hydrogens (tertiary/aromatic N) is 2. The van der Waals surface area contributed by atoms with Crippen molar-refractivity contribution in [3.8, 4) is 5.75 Å². The first kappa shape index (κ1) is 27.2. The van der Waals surface area contributed by atoms with Gasteiger partial charge in [-0.25, -0.2) is 4.39 Å². The Labute approximate surface area is 240 Å². The average Bonchev–Trinajstić information content (AvgIpc) is 3.29. The maximum absolute atomic E-state index is 14.3. The molecule has 3 unspecified atom stereocenters. The topological polar surface area (TPSA) is 73.9 Å². The smallest absolute Gasteiger partial charge is 0.255 e. The van der Waals surface area contributed by atoms with E-state index in [1.807, 2.05) is 24.3 Å². The number of carbonyl (C=O) groups is 2. The highest BCUT2D eigenvalue weighted by atomic mass is 19.1. The Balaban J connectivity index is 1.17. The average molecular weight is 555 g/mol. The maximum Gasteiger partial charge on any atom is 0.255 e. The van der Waals surface area contributed by atoms with Gasteiger partial charge in [0.25, 0.3) is 5.91 Å². The molecule has 3 aromatic rings. The first-order chi connectivity index (χ1) is 19.9. The van der Waals surface area contributed by atoms with Crippen molar-refractivity contribution >= 4 is 11.8 Å². The van der Waals surface area contributed by atoms with Crippen LogP contribution in [0.15, 0.2) is 85.1 Å². The molecule has 0 radical (unpaired) electrons. The van der Waals surface area contributed by atoms with E-state index in [4.69, 9.17) is 4.74 Å². The van der Waals surface area contributed by atoms with Gasteiger partial charge in [-0.05, 0) is 54.7 Å². The van der Waals surface area contributed by atoms with Gasteiger partial charge in [0.1, 0.15) is 23.7 Å². The van der Waals surface area contributed by atoms with Crippen molar-refractivity contribution in [1.29, 1.82) is 0 Å². The van der Waals surface area contributed by atoms with Crippen molar-refractivity contribution < 1.29 is 18.7 Å². The van der Waals surface area contributed by atoms with Gasteiger partial charge in [0, 0.05) is 55.6 Å². The second-order valence-electron chi connectivity index (χ2n) is 11.1. The van der Waals surface area contributed by atoms with Crippen molar-refractivity contribution in [3.63, 3.8) is 0 Å². The van der Waals surface area contributed by atoms with Crippen LogP contribution in [0.5, 0.6) is 5.75 Å².